The van der Waals surface area contributed by atoms with Crippen molar-refractivity contribution in [1.29, 1.82) is 0 Å². The van der Waals surface area contributed by atoms with Gasteiger partial charge in [-0.25, -0.2) is 4.98 Å². The standard InChI is InChI=1S/C25H22N4O4S/c1-33-19-9-7-16(8-10-19)21-13-20-24(34-21)25(32)28(15-26-20)14-22(30)27-17-4-2-5-18(12-17)29-11-3-6-23(29)31/h2,4-5,7-10,12-13,15H,3,6,11,14H2,1H3,(H,27,30). The first-order valence-electron chi connectivity index (χ1n) is 10.9. The molecule has 1 fully saturated rings. The largest absolute Gasteiger partial charge is 0.497 e. The van der Waals surface area contributed by atoms with E-state index in [1.807, 2.05) is 36.4 Å². The molecular weight excluding hydrogens is 452 g/mol. The molecule has 9 heteroatoms. The Morgan fingerprint density at radius 3 is 2.71 bits per heavy atom. The highest BCUT2D eigenvalue weighted by Crippen LogP contribution is 2.31. The Labute approximate surface area is 199 Å². The van der Waals surface area contributed by atoms with Crippen molar-refractivity contribution in [3.8, 4) is 16.2 Å². The number of benzene rings is 2. The number of nitrogens with zero attached hydrogens (tertiary/aromatic N) is 3. The van der Waals surface area contributed by atoms with Crippen LogP contribution in [0, 0.1) is 0 Å². The van der Waals surface area contributed by atoms with Crippen LogP contribution in [0.3, 0.4) is 0 Å². The molecule has 0 atom stereocenters. The van der Waals surface area contributed by atoms with Crippen LogP contribution >= 0.6 is 11.3 Å². The summed E-state index contributed by atoms with van der Waals surface area (Å²) in [6, 6.07) is 16.6. The lowest BCUT2D eigenvalue weighted by atomic mass is 10.2. The SMILES string of the molecule is COc1ccc(-c2cc3ncn(CC(=O)Nc4cccc(N5CCCC5=O)c4)c(=O)c3s2)cc1. The first-order valence-corrected chi connectivity index (χ1v) is 11.7. The number of carbonyl (C=O) groups excluding carboxylic acids is 2. The van der Waals surface area contributed by atoms with Crippen LogP contribution in [-0.2, 0) is 16.1 Å². The number of hydrogen-bond donors (Lipinski definition) is 1. The molecule has 1 N–H and O–H groups in total. The molecule has 0 bridgehead atoms. The van der Waals surface area contributed by atoms with Crippen LogP contribution in [0.25, 0.3) is 20.7 Å². The third kappa shape index (κ3) is 4.29. The average molecular weight is 475 g/mol. The molecule has 172 valence electrons. The van der Waals surface area contributed by atoms with Crippen LogP contribution < -0.4 is 20.5 Å². The Hall–Kier alpha value is -3.98. The van der Waals surface area contributed by atoms with Crippen LogP contribution in [-0.4, -0.2) is 35.0 Å². The number of carbonyl (C=O) groups is 2. The fourth-order valence-corrected chi connectivity index (χ4v) is 5.05. The molecule has 1 aliphatic heterocycles. The first kappa shape index (κ1) is 21.8. The average Bonchev–Trinajstić information content (AvgIpc) is 3.48. The first-order chi connectivity index (χ1) is 16.5. The predicted molar refractivity (Wildman–Crippen MR) is 133 cm³/mol. The fourth-order valence-electron chi connectivity index (χ4n) is 3.98. The zero-order valence-electron chi connectivity index (χ0n) is 18.5. The summed E-state index contributed by atoms with van der Waals surface area (Å²) in [7, 11) is 1.61. The quantitative estimate of drug-likeness (QED) is 0.458. The fraction of sp³-hybridized carbons (Fsp3) is 0.200. The molecule has 3 heterocycles. The summed E-state index contributed by atoms with van der Waals surface area (Å²) in [5, 5.41) is 2.81. The number of anilines is 2. The predicted octanol–water partition coefficient (Wildman–Crippen LogP) is 3.90. The van der Waals surface area contributed by atoms with Gasteiger partial charge in [0.1, 0.15) is 17.0 Å². The van der Waals surface area contributed by atoms with Gasteiger partial charge in [-0.05, 0) is 60.5 Å². The normalized spacial score (nSPS) is 13.4. The Balaban J connectivity index is 1.33. The van der Waals surface area contributed by atoms with Crippen LogP contribution in [0.15, 0.2) is 65.7 Å². The van der Waals surface area contributed by atoms with E-state index in [1.165, 1.54) is 22.2 Å². The molecule has 0 saturated carbocycles. The number of nitrogens with one attached hydrogen (secondary N) is 1. The molecule has 0 radical (unpaired) electrons. The van der Waals surface area contributed by atoms with Crippen LogP contribution in [0.4, 0.5) is 11.4 Å². The number of methoxy groups -OCH3 is 1. The molecule has 5 rings (SSSR count). The molecule has 2 aromatic carbocycles. The van der Waals surface area contributed by atoms with E-state index in [1.54, 1.807) is 30.2 Å². The lowest BCUT2D eigenvalue weighted by Gasteiger charge is -2.16. The number of thiophene rings is 1. The summed E-state index contributed by atoms with van der Waals surface area (Å²) in [4.78, 5) is 44.7. The van der Waals surface area contributed by atoms with Gasteiger partial charge in [-0.1, -0.05) is 6.07 Å². The Morgan fingerprint density at radius 2 is 1.97 bits per heavy atom. The van der Waals surface area contributed by atoms with Gasteiger partial charge in [-0.15, -0.1) is 11.3 Å². The minimum Gasteiger partial charge on any atom is -0.497 e. The van der Waals surface area contributed by atoms with Gasteiger partial charge in [-0.2, -0.15) is 0 Å². The second-order valence-electron chi connectivity index (χ2n) is 7.98. The van der Waals surface area contributed by atoms with Crippen molar-refractivity contribution in [3.05, 3.63) is 71.3 Å². The molecule has 1 aliphatic rings. The van der Waals surface area contributed by atoms with Gasteiger partial charge in [0, 0.05) is 29.2 Å². The molecule has 4 aromatic rings. The second-order valence-corrected chi connectivity index (χ2v) is 9.03. The Morgan fingerprint density at radius 1 is 1.15 bits per heavy atom. The number of aromatic nitrogens is 2. The highest BCUT2D eigenvalue weighted by molar-refractivity contribution is 7.22. The van der Waals surface area contributed by atoms with Crippen molar-refractivity contribution in [2.75, 3.05) is 23.9 Å². The van der Waals surface area contributed by atoms with E-state index < -0.39 is 0 Å². The topological polar surface area (TPSA) is 93.5 Å². The summed E-state index contributed by atoms with van der Waals surface area (Å²) < 4.78 is 7.00. The van der Waals surface area contributed by atoms with Gasteiger partial charge in [0.2, 0.25) is 11.8 Å². The lowest BCUT2D eigenvalue weighted by Crippen LogP contribution is -2.27. The number of ether oxygens (including phenoxy) is 1. The highest BCUT2D eigenvalue weighted by Gasteiger charge is 2.22. The zero-order chi connectivity index (χ0) is 23.7. The number of fused-ring (bicyclic) bond motifs is 1. The van der Waals surface area contributed by atoms with Crippen LogP contribution in [0.5, 0.6) is 5.75 Å². The van der Waals surface area contributed by atoms with Crippen molar-refractivity contribution in [2.24, 2.45) is 0 Å². The molecular formula is C25H22N4O4S. The highest BCUT2D eigenvalue weighted by atomic mass is 32.1. The van der Waals surface area contributed by atoms with Crippen molar-refractivity contribution < 1.29 is 14.3 Å². The van der Waals surface area contributed by atoms with Gasteiger partial charge in [0.25, 0.3) is 5.56 Å². The Bertz CT molecular complexity index is 1440. The maximum atomic E-state index is 13.0. The van der Waals surface area contributed by atoms with E-state index in [2.05, 4.69) is 10.3 Å². The molecule has 0 unspecified atom stereocenters. The lowest BCUT2D eigenvalue weighted by molar-refractivity contribution is -0.117. The summed E-state index contributed by atoms with van der Waals surface area (Å²) in [5.41, 5.74) is 2.62. The van der Waals surface area contributed by atoms with Crippen molar-refractivity contribution >= 4 is 44.7 Å². The van der Waals surface area contributed by atoms with E-state index in [0.717, 1.165) is 28.3 Å². The van der Waals surface area contributed by atoms with E-state index in [-0.39, 0.29) is 23.9 Å². The van der Waals surface area contributed by atoms with E-state index in [9.17, 15) is 14.4 Å². The second kappa shape index (κ2) is 9.11. The molecule has 0 spiro atoms. The smallest absolute Gasteiger partial charge is 0.271 e. The summed E-state index contributed by atoms with van der Waals surface area (Å²) in [6.07, 6.45) is 2.77. The minimum atomic E-state index is -0.347. The van der Waals surface area contributed by atoms with Gasteiger partial charge in [0.05, 0.1) is 19.0 Å². The van der Waals surface area contributed by atoms with Gasteiger partial charge in [-0.3, -0.25) is 19.0 Å². The van der Waals surface area contributed by atoms with Crippen molar-refractivity contribution in [3.63, 3.8) is 0 Å². The summed E-state index contributed by atoms with van der Waals surface area (Å²) in [6.45, 7) is 0.515. The van der Waals surface area contributed by atoms with E-state index in [4.69, 9.17) is 4.74 Å². The zero-order valence-corrected chi connectivity index (χ0v) is 19.3. The summed E-state index contributed by atoms with van der Waals surface area (Å²) >= 11 is 1.35. The number of rotatable bonds is 6. The van der Waals surface area contributed by atoms with E-state index >= 15 is 0 Å². The summed E-state index contributed by atoms with van der Waals surface area (Å²) in [5.74, 6) is 0.494. The minimum absolute atomic E-state index is 0.0827. The molecule has 2 amide bonds. The third-order valence-corrected chi connectivity index (χ3v) is 6.87. The van der Waals surface area contributed by atoms with E-state index in [0.29, 0.717) is 28.9 Å². The number of hydrogen-bond acceptors (Lipinski definition) is 6. The molecule has 34 heavy (non-hydrogen) atoms. The van der Waals surface area contributed by atoms with Gasteiger partial charge >= 0.3 is 0 Å². The molecule has 8 nitrogen and oxygen atoms in total. The third-order valence-electron chi connectivity index (χ3n) is 5.71. The van der Waals surface area contributed by atoms with Crippen LogP contribution in [0.2, 0.25) is 0 Å². The molecule has 1 saturated heterocycles. The van der Waals surface area contributed by atoms with Gasteiger partial charge in [0.15, 0.2) is 0 Å². The monoisotopic (exact) mass is 474 g/mol. The molecule has 2 aromatic heterocycles. The van der Waals surface area contributed by atoms with Gasteiger partial charge < -0.3 is 15.0 Å². The Kier molecular flexibility index (Phi) is 5.85. The maximum Gasteiger partial charge on any atom is 0.271 e. The van der Waals surface area contributed by atoms with Crippen LogP contribution in [0.1, 0.15) is 12.8 Å². The van der Waals surface area contributed by atoms with Crippen molar-refractivity contribution in [1.82, 2.24) is 9.55 Å². The molecule has 0 aliphatic carbocycles. The maximum absolute atomic E-state index is 13.0. The number of amides is 2. The van der Waals surface area contributed by atoms with Crippen molar-refractivity contribution in [2.45, 2.75) is 19.4 Å².